The fourth-order valence-corrected chi connectivity index (χ4v) is 2.46. The zero-order valence-electron chi connectivity index (χ0n) is 13.0. The van der Waals surface area contributed by atoms with Crippen LogP contribution in [0.25, 0.3) is 10.9 Å². The van der Waals surface area contributed by atoms with Crippen LogP contribution in [0.4, 0.5) is 10.5 Å². The molecule has 0 bridgehead atoms. The van der Waals surface area contributed by atoms with Crippen LogP contribution in [0.2, 0.25) is 5.15 Å². The first-order valence-corrected chi connectivity index (χ1v) is 7.72. The van der Waals surface area contributed by atoms with Crippen molar-refractivity contribution in [2.45, 2.75) is 6.92 Å². The number of urea groups is 1. The topological polar surface area (TPSA) is 66.4 Å². The molecule has 0 aliphatic heterocycles. The number of pyridine rings is 1. The highest BCUT2D eigenvalue weighted by Gasteiger charge is 2.05. The van der Waals surface area contributed by atoms with E-state index in [0.717, 1.165) is 16.5 Å². The molecule has 2 aromatic carbocycles. The second kappa shape index (κ2) is 7.10. The third-order valence-electron chi connectivity index (χ3n) is 3.43. The van der Waals surface area contributed by atoms with Crippen LogP contribution in [0.5, 0.6) is 0 Å². The van der Waals surface area contributed by atoms with Crippen LogP contribution >= 0.6 is 11.6 Å². The van der Waals surface area contributed by atoms with E-state index in [-0.39, 0.29) is 0 Å². The molecule has 24 heavy (non-hydrogen) atoms. The summed E-state index contributed by atoms with van der Waals surface area (Å²) in [7, 11) is 0. The third kappa shape index (κ3) is 3.70. The molecule has 6 heteroatoms. The van der Waals surface area contributed by atoms with E-state index in [1.165, 1.54) is 6.21 Å². The van der Waals surface area contributed by atoms with Crippen molar-refractivity contribution in [2.75, 3.05) is 5.32 Å². The lowest BCUT2D eigenvalue weighted by molar-refractivity contribution is 0.252. The number of para-hydroxylation sites is 2. The van der Waals surface area contributed by atoms with E-state index in [0.29, 0.717) is 16.4 Å². The van der Waals surface area contributed by atoms with Gasteiger partial charge in [0.1, 0.15) is 5.15 Å². The van der Waals surface area contributed by atoms with Gasteiger partial charge in [0.25, 0.3) is 0 Å². The summed E-state index contributed by atoms with van der Waals surface area (Å²) in [4.78, 5) is 16.1. The second-order valence-electron chi connectivity index (χ2n) is 5.21. The molecule has 0 atom stereocenters. The predicted octanol–water partition coefficient (Wildman–Crippen LogP) is 4.35. The molecule has 0 radical (unpaired) electrons. The summed E-state index contributed by atoms with van der Waals surface area (Å²) in [6, 6.07) is 16.5. The Labute approximate surface area is 144 Å². The third-order valence-corrected chi connectivity index (χ3v) is 3.73. The van der Waals surface area contributed by atoms with Gasteiger partial charge in [-0.25, -0.2) is 15.2 Å². The number of anilines is 1. The van der Waals surface area contributed by atoms with Crippen molar-refractivity contribution in [2.24, 2.45) is 5.10 Å². The van der Waals surface area contributed by atoms with E-state index in [2.05, 4.69) is 20.8 Å². The molecule has 3 aromatic rings. The number of carbonyl (C=O) groups is 1. The molecule has 0 unspecified atom stereocenters. The monoisotopic (exact) mass is 338 g/mol. The standard InChI is InChI=1S/C18H15ClN4O/c1-12-6-5-7-13-10-14(17(19)22-16(12)13)11-20-23-18(24)21-15-8-3-2-4-9-15/h2-11H,1H3,(H2,21,23,24)/b20-11-. The van der Waals surface area contributed by atoms with Gasteiger partial charge in [-0.3, -0.25) is 0 Å². The van der Waals surface area contributed by atoms with Crippen molar-refractivity contribution in [1.82, 2.24) is 10.4 Å². The average molecular weight is 339 g/mol. The zero-order chi connectivity index (χ0) is 16.9. The number of hydrogen-bond acceptors (Lipinski definition) is 3. The molecule has 2 amide bonds. The van der Waals surface area contributed by atoms with Gasteiger partial charge in [-0.2, -0.15) is 5.10 Å². The first-order chi connectivity index (χ1) is 11.6. The van der Waals surface area contributed by atoms with Crippen molar-refractivity contribution in [3.8, 4) is 0 Å². The molecule has 5 nitrogen and oxygen atoms in total. The van der Waals surface area contributed by atoms with Crippen molar-refractivity contribution in [3.05, 3.63) is 70.9 Å². The van der Waals surface area contributed by atoms with E-state index < -0.39 is 6.03 Å². The molecule has 0 aliphatic carbocycles. The summed E-state index contributed by atoms with van der Waals surface area (Å²) in [6.07, 6.45) is 1.47. The van der Waals surface area contributed by atoms with Gasteiger partial charge in [-0.15, -0.1) is 0 Å². The number of aromatic nitrogens is 1. The average Bonchev–Trinajstić information content (AvgIpc) is 2.57. The molecule has 0 aliphatic rings. The fourth-order valence-electron chi connectivity index (χ4n) is 2.27. The van der Waals surface area contributed by atoms with Crippen LogP contribution in [0.3, 0.4) is 0 Å². The van der Waals surface area contributed by atoms with Gasteiger partial charge in [0.2, 0.25) is 0 Å². The lowest BCUT2D eigenvalue weighted by Gasteiger charge is -2.05. The van der Waals surface area contributed by atoms with E-state index in [1.54, 1.807) is 12.1 Å². The largest absolute Gasteiger partial charge is 0.339 e. The number of hydrogen-bond donors (Lipinski definition) is 2. The summed E-state index contributed by atoms with van der Waals surface area (Å²) < 4.78 is 0. The van der Waals surface area contributed by atoms with Crippen LogP contribution in [0.1, 0.15) is 11.1 Å². The highest BCUT2D eigenvalue weighted by molar-refractivity contribution is 6.32. The number of hydrazone groups is 1. The van der Waals surface area contributed by atoms with Gasteiger partial charge < -0.3 is 5.32 Å². The number of amides is 2. The quantitative estimate of drug-likeness (QED) is 0.423. The summed E-state index contributed by atoms with van der Waals surface area (Å²) in [5.74, 6) is 0. The first kappa shape index (κ1) is 16.0. The number of carbonyl (C=O) groups excluding carboxylic acids is 1. The Morgan fingerprint density at radius 1 is 1.17 bits per heavy atom. The van der Waals surface area contributed by atoms with Gasteiger partial charge in [0, 0.05) is 16.6 Å². The minimum absolute atomic E-state index is 0.339. The Morgan fingerprint density at radius 3 is 2.75 bits per heavy atom. The SMILES string of the molecule is Cc1cccc2cc(/C=N\NC(=O)Nc3ccccc3)c(Cl)nc12. The molecule has 0 saturated carbocycles. The van der Waals surface area contributed by atoms with Crippen molar-refractivity contribution in [3.63, 3.8) is 0 Å². The second-order valence-corrected chi connectivity index (χ2v) is 5.56. The Morgan fingerprint density at radius 2 is 1.96 bits per heavy atom. The smallest absolute Gasteiger partial charge is 0.307 e. The molecule has 3 rings (SSSR count). The van der Waals surface area contributed by atoms with Gasteiger partial charge in [-0.05, 0) is 30.7 Å². The van der Waals surface area contributed by atoms with Crippen LogP contribution in [0.15, 0.2) is 59.7 Å². The normalized spacial score (nSPS) is 10.9. The number of aryl methyl sites for hydroxylation is 1. The van der Waals surface area contributed by atoms with Crippen molar-refractivity contribution in [1.29, 1.82) is 0 Å². The molecular formula is C18H15ClN4O. The molecule has 0 saturated heterocycles. The summed E-state index contributed by atoms with van der Waals surface area (Å²) in [5.41, 5.74) is 5.63. The number of rotatable bonds is 3. The highest BCUT2D eigenvalue weighted by Crippen LogP contribution is 2.21. The molecular weight excluding hydrogens is 324 g/mol. The fraction of sp³-hybridized carbons (Fsp3) is 0.0556. The summed E-state index contributed by atoms with van der Waals surface area (Å²) >= 11 is 6.19. The number of nitrogens with one attached hydrogen (secondary N) is 2. The van der Waals surface area contributed by atoms with Crippen LogP contribution in [-0.4, -0.2) is 17.2 Å². The predicted molar refractivity (Wildman–Crippen MR) is 97.7 cm³/mol. The Bertz CT molecular complexity index is 910. The number of fused-ring (bicyclic) bond motifs is 1. The maximum Gasteiger partial charge on any atom is 0.339 e. The number of benzene rings is 2. The Hall–Kier alpha value is -2.92. The molecule has 1 heterocycles. The highest BCUT2D eigenvalue weighted by atomic mass is 35.5. The van der Waals surface area contributed by atoms with Gasteiger partial charge in [0.15, 0.2) is 0 Å². The van der Waals surface area contributed by atoms with Gasteiger partial charge >= 0.3 is 6.03 Å². The maximum atomic E-state index is 11.8. The molecule has 2 N–H and O–H groups in total. The van der Waals surface area contributed by atoms with Gasteiger partial charge in [0.05, 0.1) is 11.7 Å². The maximum absolute atomic E-state index is 11.8. The van der Waals surface area contributed by atoms with Crippen LogP contribution in [0, 0.1) is 6.92 Å². The minimum Gasteiger partial charge on any atom is -0.307 e. The zero-order valence-corrected chi connectivity index (χ0v) is 13.7. The van der Waals surface area contributed by atoms with Crippen LogP contribution in [-0.2, 0) is 0 Å². The first-order valence-electron chi connectivity index (χ1n) is 7.34. The Balaban J connectivity index is 1.71. The van der Waals surface area contributed by atoms with E-state index in [4.69, 9.17) is 11.6 Å². The van der Waals surface area contributed by atoms with Gasteiger partial charge in [-0.1, -0.05) is 48.0 Å². The van der Waals surface area contributed by atoms with E-state index >= 15 is 0 Å². The molecule has 1 aromatic heterocycles. The molecule has 120 valence electrons. The summed E-state index contributed by atoms with van der Waals surface area (Å²) in [6.45, 7) is 1.98. The lowest BCUT2D eigenvalue weighted by Crippen LogP contribution is -2.24. The number of nitrogens with zero attached hydrogens (tertiary/aromatic N) is 2. The Kier molecular flexibility index (Phi) is 4.72. The van der Waals surface area contributed by atoms with E-state index in [9.17, 15) is 4.79 Å². The van der Waals surface area contributed by atoms with E-state index in [1.807, 2.05) is 49.4 Å². The summed E-state index contributed by atoms with van der Waals surface area (Å²) in [5, 5.41) is 7.89. The number of halogens is 1. The molecule has 0 spiro atoms. The lowest BCUT2D eigenvalue weighted by atomic mass is 10.1. The molecule has 0 fully saturated rings. The van der Waals surface area contributed by atoms with Crippen LogP contribution < -0.4 is 10.7 Å². The van der Waals surface area contributed by atoms with Crippen molar-refractivity contribution >= 4 is 40.4 Å². The minimum atomic E-state index is -0.432. The van der Waals surface area contributed by atoms with Crippen molar-refractivity contribution < 1.29 is 4.79 Å².